The van der Waals surface area contributed by atoms with E-state index < -0.39 is 5.91 Å². The maximum Gasteiger partial charge on any atom is 0.273 e. The van der Waals surface area contributed by atoms with Gasteiger partial charge in [0.1, 0.15) is 6.10 Å². The van der Waals surface area contributed by atoms with Crippen LogP contribution in [-0.2, 0) is 4.74 Å². The number of aromatic nitrogens is 4. The number of nitrogens with zero attached hydrogens (tertiary/aromatic N) is 6. The second kappa shape index (κ2) is 11.7. The summed E-state index contributed by atoms with van der Waals surface area (Å²) >= 11 is 0. The van der Waals surface area contributed by atoms with Crippen LogP contribution in [0, 0.1) is 0 Å². The van der Waals surface area contributed by atoms with Crippen molar-refractivity contribution in [2.24, 2.45) is 5.73 Å². The van der Waals surface area contributed by atoms with Crippen molar-refractivity contribution in [2.45, 2.75) is 18.9 Å². The van der Waals surface area contributed by atoms with Crippen molar-refractivity contribution >= 4 is 40.0 Å². The minimum Gasteiger partial charge on any atom is -0.472 e. The van der Waals surface area contributed by atoms with Crippen LogP contribution in [0.3, 0.4) is 0 Å². The van der Waals surface area contributed by atoms with Gasteiger partial charge in [-0.05, 0) is 54.6 Å². The number of ether oxygens (including phenoxy) is 2. The van der Waals surface area contributed by atoms with Crippen LogP contribution >= 0.6 is 0 Å². The van der Waals surface area contributed by atoms with Crippen molar-refractivity contribution in [3.05, 3.63) is 72.1 Å². The molecular formula is C29H30N8O4. The van der Waals surface area contributed by atoms with E-state index in [1.807, 2.05) is 35.2 Å². The fraction of sp³-hybridized carbons (Fsp3) is 0.310. The number of rotatable bonds is 7. The first-order valence-corrected chi connectivity index (χ1v) is 13.6. The molecule has 12 nitrogen and oxygen atoms in total. The number of piperidine rings is 1. The van der Waals surface area contributed by atoms with Crippen LogP contribution in [0.15, 0.2) is 60.8 Å². The SMILES string of the molecule is NC(=O)c1nnc(N2CCCC(Oc3nccc4ccccc34)C2)nc1Nc1ccc(C(=O)N2CCOCC2)cc1. The molecule has 1 atom stereocenters. The Morgan fingerprint density at radius 2 is 1.80 bits per heavy atom. The number of carbonyl (C=O) groups is 2. The summed E-state index contributed by atoms with van der Waals surface area (Å²) in [7, 11) is 0. The lowest BCUT2D eigenvalue weighted by molar-refractivity contribution is 0.0303. The summed E-state index contributed by atoms with van der Waals surface area (Å²) in [6, 6.07) is 16.9. The number of nitrogens with two attached hydrogens (primary N) is 1. The lowest BCUT2D eigenvalue weighted by Gasteiger charge is -2.32. The summed E-state index contributed by atoms with van der Waals surface area (Å²) in [5.74, 6) is 0.338. The summed E-state index contributed by atoms with van der Waals surface area (Å²) in [5.41, 5.74) is 6.69. The smallest absolute Gasteiger partial charge is 0.273 e. The van der Waals surface area contributed by atoms with Crippen LogP contribution in [-0.4, -0.2) is 82.4 Å². The molecule has 6 rings (SSSR count). The Labute approximate surface area is 236 Å². The fourth-order valence-corrected chi connectivity index (χ4v) is 5.05. The first kappa shape index (κ1) is 26.4. The van der Waals surface area contributed by atoms with Gasteiger partial charge in [-0.3, -0.25) is 9.59 Å². The number of hydrogen-bond donors (Lipinski definition) is 2. The largest absolute Gasteiger partial charge is 0.472 e. The standard InChI is InChI=1S/C29H30N8O4/c30-25(38)24-26(32-21-9-7-20(8-10-21)28(39)36-14-16-40-17-15-36)33-29(35-34-24)37-13-3-5-22(18-37)41-27-23-6-2-1-4-19(23)11-12-31-27/h1-2,4,6-12,22H,3,5,13-18H2,(H2,30,38)(H,32,33,35). The molecule has 2 aromatic carbocycles. The molecule has 2 amide bonds. The number of amides is 2. The minimum atomic E-state index is -0.750. The van der Waals surface area contributed by atoms with Gasteiger partial charge in [-0.25, -0.2) is 4.98 Å². The highest BCUT2D eigenvalue weighted by atomic mass is 16.5. The van der Waals surface area contributed by atoms with Gasteiger partial charge in [-0.15, -0.1) is 10.2 Å². The van der Waals surface area contributed by atoms with Gasteiger partial charge in [0.05, 0.1) is 19.8 Å². The maximum absolute atomic E-state index is 12.8. The van der Waals surface area contributed by atoms with Crippen molar-refractivity contribution in [1.82, 2.24) is 25.1 Å². The van der Waals surface area contributed by atoms with Gasteiger partial charge in [-0.1, -0.05) is 18.2 Å². The molecule has 0 saturated carbocycles. The number of pyridine rings is 1. The molecule has 41 heavy (non-hydrogen) atoms. The van der Waals surface area contributed by atoms with Gasteiger partial charge >= 0.3 is 0 Å². The lowest BCUT2D eigenvalue weighted by Crippen LogP contribution is -2.42. The van der Waals surface area contributed by atoms with Gasteiger partial charge in [0.15, 0.2) is 11.5 Å². The van der Waals surface area contributed by atoms with Crippen LogP contribution in [0.5, 0.6) is 5.88 Å². The number of anilines is 3. The third-order valence-electron chi connectivity index (χ3n) is 7.18. The highest BCUT2D eigenvalue weighted by molar-refractivity contribution is 5.97. The number of carbonyl (C=O) groups excluding carboxylic acids is 2. The van der Waals surface area contributed by atoms with E-state index in [4.69, 9.17) is 15.2 Å². The van der Waals surface area contributed by atoms with Gasteiger partial charge in [0, 0.05) is 42.5 Å². The van der Waals surface area contributed by atoms with Gasteiger partial charge in [0.2, 0.25) is 11.8 Å². The highest BCUT2D eigenvalue weighted by Crippen LogP contribution is 2.27. The molecule has 2 aromatic heterocycles. The quantitative estimate of drug-likeness (QED) is 0.349. The van der Waals surface area contributed by atoms with E-state index in [1.165, 1.54) is 0 Å². The Hall–Kier alpha value is -4.84. The second-order valence-corrected chi connectivity index (χ2v) is 9.95. The summed E-state index contributed by atoms with van der Waals surface area (Å²) in [5, 5.41) is 13.4. The lowest BCUT2D eigenvalue weighted by atomic mass is 10.1. The molecule has 2 aliphatic heterocycles. The van der Waals surface area contributed by atoms with Gasteiger partial charge < -0.3 is 30.3 Å². The van der Waals surface area contributed by atoms with Crippen molar-refractivity contribution in [1.29, 1.82) is 0 Å². The van der Waals surface area contributed by atoms with Crippen LogP contribution in [0.4, 0.5) is 17.5 Å². The van der Waals surface area contributed by atoms with Crippen molar-refractivity contribution < 1.29 is 19.1 Å². The Balaban J connectivity index is 1.18. The minimum absolute atomic E-state index is 0.0516. The molecule has 2 saturated heterocycles. The fourth-order valence-electron chi connectivity index (χ4n) is 5.05. The molecule has 3 N–H and O–H groups in total. The highest BCUT2D eigenvalue weighted by Gasteiger charge is 2.26. The monoisotopic (exact) mass is 554 g/mol. The van der Waals surface area contributed by atoms with Crippen LogP contribution < -0.4 is 20.7 Å². The first-order chi connectivity index (χ1) is 20.0. The molecular weight excluding hydrogens is 524 g/mol. The van der Waals surface area contributed by atoms with Crippen LogP contribution in [0.25, 0.3) is 10.8 Å². The summed E-state index contributed by atoms with van der Waals surface area (Å²) < 4.78 is 11.7. The first-order valence-electron chi connectivity index (χ1n) is 13.6. The number of morpholine rings is 1. The topological polar surface area (TPSA) is 149 Å². The Morgan fingerprint density at radius 3 is 2.61 bits per heavy atom. The number of hydrogen-bond acceptors (Lipinski definition) is 10. The normalized spacial score (nSPS) is 17.3. The number of nitrogens with one attached hydrogen (secondary N) is 1. The summed E-state index contributed by atoms with van der Waals surface area (Å²) in [4.78, 5) is 37.7. The molecule has 4 heterocycles. The zero-order valence-corrected chi connectivity index (χ0v) is 22.4. The second-order valence-electron chi connectivity index (χ2n) is 9.95. The van der Waals surface area contributed by atoms with Crippen LogP contribution in [0.2, 0.25) is 0 Å². The number of primary amides is 1. The molecule has 0 bridgehead atoms. The van der Waals surface area contributed by atoms with E-state index in [0.717, 1.165) is 23.6 Å². The molecule has 0 radical (unpaired) electrons. The summed E-state index contributed by atoms with van der Waals surface area (Å²) in [6.07, 6.45) is 3.33. The number of benzene rings is 2. The summed E-state index contributed by atoms with van der Waals surface area (Å²) in [6.45, 7) is 3.44. The Morgan fingerprint density at radius 1 is 1.00 bits per heavy atom. The molecule has 0 aliphatic carbocycles. The maximum atomic E-state index is 12.8. The molecule has 2 aliphatic rings. The van der Waals surface area contributed by atoms with Crippen molar-refractivity contribution in [3.8, 4) is 5.88 Å². The Kier molecular flexibility index (Phi) is 7.54. The van der Waals surface area contributed by atoms with Gasteiger partial charge in [-0.2, -0.15) is 4.98 Å². The van der Waals surface area contributed by atoms with E-state index in [1.54, 1.807) is 35.4 Å². The molecule has 0 spiro atoms. The molecule has 210 valence electrons. The predicted molar refractivity (Wildman–Crippen MR) is 152 cm³/mol. The Bertz CT molecular complexity index is 1550. The van der Waals surface area contributed by atoms with Gasteiger partial charge in [0.25, 0.3) is 11.8 Å². The molecule has 2 fully saturated rings. The van der Waals surface area contributed by atoms with Crippen LogP contribution in [0.1, 0.15) is 33.7 Å². The molecule has 4 aromatic rings. The van der Waals surface area contributed by atoms with E-state index in [9.17, 15) is 9.59 Å². The third kappa shape index (κ3) is 5.87. The average Bonchev–Trinajstić information content (AvgIpc) is 3.02. The van der Waals surface area contributed by atoms with E-state index in [2.05, 4.69) is 25.5 Å². The van der Waals surface area contributed by atoms with E-state index in [-0.39, 0.29) is 23.5 Å². The average molecular weight is 555 g/mol. The van der Waals surface area contributed by atoms with E-state index >= 15 is 0 Å². The van der Waals surface area contributed by atoms with Crippen molar-refractivity contribution in [3.63, 3.8) is 0 Å². The van der Waals surface area contributed by atoms with E-state index in [0.29, 0.717) is 62.5 Å². The zero-order valence-electron chi connectivity index (χ0n) is 22.4. The zero-order chi connectivity index (χ0) is 28.2. The molecule has 1 unspecified atom stereocenters. The molecule has 12 heteroatoms. The predicted octanol–water partition coefficient (Wildman–Crippen LogP) is 2.78. The van der Waals surface area contributed by atoms with Crippen molar-refractivity contribution in [2.75, 3.05) is 49.6 Å². The number of fused-ring (bicyclic) bond motifs is 1. The third-order valence-corrected chi connectivity index (χ3v) is 7.18.